The van der Waals surface area contributed by atoms with Gasteiger partial charge < -0.3 is 34.1 Å². The minimum absolute atomic E-state index is 0.140. The van der Waals surface area contributed by atoms with Gasteiger partial charge in [0.2, 0.25) is 0 Å². The number of likely N-dealkylation sites (N-methyl/N-ethyl adjacent to an activating group) is 1. The highest BCUT2D eigenvalue weighted by Crippen LogP contribution is 2.20. The van der Waals surface area contributed by atoms with Crippen LogP contribution in [0.25, 0.3) is 0 Å². The van der Waals surface area contributed by atoms with Gasteiger partial charge in [0.25, 0.3) is 0 Å². The van der Waals surface area contributed by atoms with Crippen LogP contribution in [0.3, 0.4) is 0 Å². The van der Waals surface area contributed by atoms with Crippen molar-refractivity contribution >= 4 is 45.7 Å². The van der Waals surface area contributed by atoms with E-state index in [1.54, 1.807) is 26.5 Å². The van der Waals surface area contributed by atoms with Gasteiger partial charge in [-0.3, -0.25) is 9.59 Å². The van der Waals surface area contributed by atoms with E-state index in [0.717, 1.165) is 70.8 Å². The summed E-state index contributed by atoms with van der Waals surface area (Å²) in [6.45, 7) is 8.44. The van der Waals surface area contributed by atoms with E-state index in [-0.39, 0.29) is 24.6 Å². The Morgan fingerprint density at radius 3 is 1.40 bits per heavy atom. The summed E-state index contributed by atoms with van der Waals surface area (Å²) in [7, 11) is 7.03. The van der Waals surface area contributed by atoms with Gasteiger partial charge in [-0.15, -0.1) is 0 Å². The summed E-state index contributed by atoms with van der Waals surface area (Å²) in [5.74, 6) is 0.989. The van der Waals surface area contributed by atoms with Crippen LogP contribution >= 0.6 is 21.6 Å². The second kappa shape index (κ2) is 39.8. The summed E-state index contributed by atoms with van der Waals surface area (Å²) in [6, 6.07) is 0. The minimum atomic E-state index is -0.413. The number of nitrogens with one attached hydrogen (secondary N) is 1. The third-order valence-electron chi connectivity index (χ3n) is 8.60. The van der Waals surface area contributed by atoms with Crippen LogP contribution in [0, 0.1) is 0 Å². The van der Waals surface area contributed by atoms with Gasteiger partial charge in [0.15, 0.2) is 0 Å². The summed E-state index contributed by atoms with van der Waals surface area (Å²) in [4.78, 5) is 52.7. The average molecular weight is 792 g/mol. The molecule has 0 saturated carbocycles. The smallest absolute Gasteiger partial charge is 0.409 e. The lowest BCUT2D eigenvalue weighted by atomic mass is 10.1. The first-order valence-electron chi connectivity index (χ1n) is 20.8. The van der Waals surface area contributed by atoms with E-state index < -0.39 is 6.09 Å². The number of amides is 2. The molecule has 0 aliphatic rings. The van der Waals surface area contributed by atoms with Gasteiger partial charge in [-0.25, -0.2) is 9.59 Å². The van der Waals surface area contributed by atoms with Crippen molar-refractivity contribution in [1.29, 1.82) is 0 Å². The zero-order valence-corrected chi connectivity index (χ0v) is 35.7. The van der Waals surface area contributed by atoms with Crippen LogP contribution in [0.5, 0.6) is 0 Å². The summed E-state index contributed by atoms with van der Waals surface area (Å²) < 4.78 is 21.6. The molecule has 0 atom stereocenters. The first-order valence-corrected chi connectivity index (χ1v) is 23.3. The van der Waals surface area contributed by atoms with Crippen molar-refractivity contribution in [2.24, 2.45) is 0 Å². The molecule has 13 heteroatoms. The lowest BCUT2D eigenvalue weighted by Gasteiger charge is -2.22. The van der Waals surface area contributed by atoms with Crippen LogP contribution < -0.4 is 5.32 Å². The molecule has 0 rings (SSSR count). The van der Waals surface area contributed by atoms with Crippen LogP contribution in [-0.2, 0) is 28.5 Å². The predicted molar refractivity (Wildman–Crippen MR) is 221 cm³/mol. The fraction of sp³-hybridized carbons (Fsp3) is 0.900. The highest BCUT2D eigenvalue weighted by Gasteiger charge is 2.15. The molecule has 11 nitrogen and oxygen atoms in total. The minimum Gasteiger partial charge on any atom is -0.466 e. The van der Waals surface area contributed by atoms with Gasteiger partial charge in [-0.05, 0) is 52.6 Å². The SMILES string of the molecule is CCCCCCCCCOC(=O)CCCCCN(CCCCCC(=O)OCCCCCCCCC)C(=O)OCCSSCCOC(=O)NCCN(C)C. The second-order valence-electron chi connectivity index (χ2n) is 13.9. The van der Waals surface area contributed by atoms with Crippen molar-refractivity contribution in [1.82, 2.24) is 15.1 Å². The lowest BCUT2D eigenvalue weighted by molar-refractivity contribution is -0.144. The van der Waals surface area contributed by atoms with Crippen molar-refractivity contribution in [3.05, 3.63) is 0 Å². The molecular formula is C40H77N3O8S2. The quantitative estimate of drug-likeness (QED) is 0.0278. The topological polar surface area (TPSA) is 124 Å². The summed E-state index contributed by atoms with van der Waals surface area (Å²) in [6.07, 6.45) is 21.4. The summed E-state index contributed by atoms with van der Waals surface area (Å²) in [5, 5.41) is 2.71. The molecular weight excluding hydrogens is 715 g/mol. The van der Waals surface area contributed by atoms with Crippen molar-refractivity contribution in [2.75, 3.05) is 78.2 Å². The molecule has 0 bridgehead atoms. The first kappa shape index (κ1) is 51.1. The molecule has 2 amide bonds. The Bertz CT molecular complexity index is 843. The monoisotopic (exact) mass is 792 g/mol. The van der Waals surface area contributed by atoms with E-state index in [0.29, 0.717) is 63.8 Å². The molecule has 0 heterocycles. The Balaban J connectivity index is 4.35. The molecule has 0 radical (unpaired) electrons. The Morgan fingerprint density at radius 2 is 0.925 bits per heavy atom. The maximum absolute atomic E-state index is 13.0. The fourth-order valence-corrected chi connectivity index (χ4v) is 7.05. The molecule has 0 saturated heterocycles. The van der Waals surface area contributed by atoms with Gasteiger partial charge >= 0.3 is 24.1 Å². The average Bonchev–Trinajstić information content (AvgIpc) is 3.13. The molecule has 0 aromatic heterocycles. The van der Waals surface area contributed by atoms with Gasteiger partial charge in [0.1, 0.15) is 13.2 Å². The molecule has 0 unspecified atom stereocenters. The second-order valence-corrected chi connectivity index (χ2v) is 16.6. The number of hydrogen-bond donors (Lipinski definition) is 1. The Kier molecular flexibility index (Phi) is 38.4. The maximum Gasteiger partial charge on any atom is 0.409 e. The number of nitrogens with zero attached hydrogens (tertiary/aromatic N) is 2. The molecule has 0 aliphatic heterocycles. The van der Waals surface area contributed by atoms with Crippen molar-refractivity contribution < 1.29 is 38.1 Å². The molecule has 0 fully saturated rings. The van der Waals surface area contributed by atoms with Crippen LogP contribution in [0.4, 0.5) is 9.59 Å². The Labute approximate surface area is 331 Å². The first-order chi connectivity index (χ1) is 25.8. The van der Waals surface area contributed by atoms with Crippen LogP contribution in [0.1, 0.15) is 155 Å². The van der Waals surface area contributed by atoms with Crippen molar-refractivity contribution in [3.8, 4) is 0 Å². The highest BCUT2D eigenvalue weighted by atomic mass is 33.1. The standard InChI is InChI=1S/C40H77N3O8S2/c1-5-7-9-11-13-15-23-31-48-37(44)25-19-17-21-28-43(29-22-18-20-26-38(45)49-32-24-16-14-12-10-8-6-2)40(47)51-34-36-53-52-35-33-50-39(46)41-27-30-42(3)4/h5-36H2,1-4H3,(H,41,46). The van der Waals surface area contributed by atoms with Gasteiger partial charge in [-0.2, -0.15) is 0 Å². The molecule has 0 aromatic rings. The normalized spacial score (nSPS) is 11.0. The molecule has 312 valence electrons. The zero-order chi connectivity index (χ0) is 39.0. The van der Waals surface area contributed by atoms with Crippen LogP contribution in [0.15, 0.2) is 0 Å². The number of hydrogen-bond acceptors (Lipinski definition) is 11. The van der Waals surface area contributed by atoms with Crippen LogP contribution in [-0.4, -0.2) is 112 Å². The molecule has 53 heavy (non-hydrogen) atoms. The van der Waals surface area contributed by atoms with E-state index in [2.05, 4.69) is 19.2 Å². The van der Waals surface area contributed by atoms with Gasteiger partial charge in [0.05, 0.1) is 13.2 Å². The zero-order valence-electron chi connectivity index (χ0n) is 34.1. The van der Waals surface area contributed by atoms with E-state index in [9.17, 15) is 19.2 Å². The van der Waals surface area contributed by atoms with E-state index in [4.69, 9.17) is 18.9 Å². The number of ether oxygens (including phenoxy) is 4. The highest BCUT2D eigenvalue weighted by molar-refractivity contribution is 8.76. The number of unbranched alkanes of at least 4 members (excludes halogenated alkanes) is 16. The molecule has 1 N–H and O–H groups in total. The number of alkyl carbamates (subject to hydrolysis) is 1. The molecule has 0 aliphatic carbocycles. The van der Waals surface area contributed by atoms with E-state index in [1.165, 1.54) is 64.2 Å². The third-order valence-corrected chi connectivity index (χ3v) is 10.9. The lowest BCUT2D eigenvalue weighted by Crippen LogP contribution is -2.34. The number of rotatable bonds is 38. The van der Waals surface area contributed by atoms with Crippen LogP contribution in [0.2, 0.25) is 0 Å². The molecule has 0 aromatic carbocycles. The van der Waals surface area contributed by atoms with E-state index in [1.807, 2.05) is 19.0 Å². The van der Waals surface area contributed by atoms with Gasteiger partial charge in [-0.1, -0.05) is 125 Å². The number of esters is 2. The largest absolute Gasteiger partial charge is 0.466 e. The molecule has 0 spiro atoms. The Morgan fingerprint density at radius 1 is 0.491 bits per heavy atom. The predicted octanol–water partition coefficient (Wildman–Crippen LogP) is 9.80. The fourth-order valence-electron chi connectivity index (χ4n) is 5.40. The number of carbonyl (C=O) groups is 4. The summed E-state index contributed by atoms with van der Waals surface area (Å²) in [5.41, 5.74) is 0. The van der Waals surface area contributed by atoms with E-state index >= 15 is 0 Å². The maximum atomic E-state index is 13.0. The summed E-state index contributed by atoms with van der Waals surface area (Å²) >= 11 is 0. The van der Waals surface area contributed by atoms with Crippen molar-refractivity contribution in [2.45, 2.75) is 155 Å². The Hall–Kier alpha value is -1.86. The van der Waals surface area contributed by atoms with Crippen molar-refractivity contribution in [3.63, 3.8) is 0 Å². The van der Waals surface area contributed by atoms with Gasteiger partial charge in [0, 0.05) is 50.5 Å². The third kappa shape index (κ3) is 38.2. The number of carbonyl (C=O) groups excluding carboxylic acids is 4.